The summed E-state index contributed by atoms with van der Waals surface area (Å²) in [6.45, 7) is 3.17. The lowest BCUT2D eigenvalue weighted by Crippen LogP contribution is -2.09. The molecular weight excluding hydrogens is 228 g/mol. The van der Waals surface area contributed by atoms with E-state index in [1.54, 1.807) is 26.0 Å². The molecule has 1 aromatic carbocycles. The molecule has 0 atom stereocenters. The lowest BCUT2D eigenvalue weighted by molar-refractivity contribution is 0.0812. The van der Waals surface area contributed by atoms with Crippen molar-refractivity contribution in [3.63, 3.8) is 0 Å². The average molecular weight is 241 g/mol. The van der Waals surface area contributed by atoms with Crippen LogP contribution in [0.1, 0.15) is 16.7 Å². The van der Waals surface area contributed by atoms with Gasteiger partial charge < -0.3 is 4.74 Å². The second-order valence-electron chi connectivity index (χ2n) is 3.65. The lowest BCUT2D eigenvalue weighted by Gasteiger charge is -2.13. The topological polar surface area (TPSA) is 58.0 Å². The molecule has 0 N–H and O–H groups in total. The van der Waals surface area contributed by atoms with Crippen LogP contribution in [-0.2, 0) is 6.54 Å². The normalized spacial score (nSPS) is 10.2. The van der Waals surface area contributed by atoms with E-state index in [-0.39, 0.29) is 6.54 Å². The first-order chi connectivity index (χ1) is 8.04. The minimum absolute atomic E-state index is 0.243. The average Bonchev–Trinajstić information content (AvgIpc) is 2.24. The Morgan fingerprint density at radius 1 is 1.35 bits per heavy atom. The van der Waals surface area contributed by atoms with Gasteiger partial charge in [0.25, 0.3) is 6.43 Å². The second-order valence-corrected chi connectivity index (χ2v) is 3.65. The van der Waals surface area contributed by atoms with Gasteiger partial charge in [0.1, 0.15) is 12.4 Å². The van der Waals surface area contributed by atoms with Gasteiger partial charge in [-0.3, -0.25) is 0 Å². The Balaban J connectivity index is 2.89. The number of alkyl halides is 2. The van der Waals surface area contributed by atoms with E-state index >= 15 is 0 Å². The third-order valence-corrected chi connectivity index (χ3v) is 2.19. The third-order valence-electron chi connectivity index (χ3n) is 2.19. The van der Waals surface area contributed by atoms with Crippen molar-refractivity contribution in [2.45, 2.75) is 26.8 Å². The summed E-state index contributed by atoms with van der Waals surface area (Å²) in [6, 6.07) is 3.53. The zero-order valence-corrected chi connectivity index (χ0v) is 9.65. The van der Waals surface area contributed by atoms with Crippen molar-refractivity contribution < 1.29 is 13.5 Å². The van der Waals surface area contributed by atoms with Crippen LogP contribution in [0.3, 0.4) is 0 Å². The van der Waals surface area contributed by atoms with Crippen LogP contribution in [0.15, 0.2) is 17.2 Å². The molecule has 0 saturated carbocycles. The summed E-state index contributed by atoms with van der Waals surface area (Å²) >= 11 is 0. The van der Waals surface area contributed by atoms with Crippen molar-refractivity contribution >= 4 is 0 Å². The summed E-state index contributed by atoms with van der Waals surface area (Å²) in [4.78, 5) is 2.67. The Morgan fingerprint density at radius 3 is 2.41 bits per heavy atom. The van der Waals surface area contributed by atoms with Crippen LogP contribution in [0.5, 0.6) is 5.75 Å². The van der Waals surface area contributed by atoms with Crippen LogP contribution < -0.4 is 4.74 Å². The van der Waals surface area contributed by atoms with Crippen molar-refractivity contribution in [1.29, 1.82) is 0 Å². The van der Waals surface area contributed by atoms with Crippen LogP contribution >= 0.6 is 0 Å². The fourth-order valence-electron chi connectivity index (χ4n) is 1.62. The van der Waals surface area contributed by atoms with Crippen molar-refractivity contribution in [3.05, 3.63) is 39.3 Å². The van der Waals surface area contributed by atoms with Gasteiger partial charge in [0.05, 0.1) is 6.54 Å². The van der Waals surface area contributed by atoms with Gasteiger partial charge in [-0.05, 0) is 36.1 Å². The maximum absolute atomic E-state index is 12.0. The molecule has 0 aliphatic heterocycles. The molecule has 0 unspecified atom stereocenters. The number of hydrogen-bond acceptors (Lipinski definition) is 2. The maximum Gasteiger partial charge on any atom is 0.272 e. The number of rotatable bonds is 5. The monoisotopic (exact) mass is 241 g/mol. The van der Waals surface area contributed by atoms with Crippen LogP contribution in [0.2, 0.25) is 0 Å². The van der Waals surface area contributed by atoms with E-state index in [0.29, 0.717) is 5.75 Å². The standard InChI is InChI=1S/C11H13F2N3O/c1-7-3-9(5-15-16-14)4-8(2)11(7)17-6-10(12)13/h3-4,10H,5-6H2,1-2H3. The quantitative estimate of drug-likeness (QED) is 0.440. The molecule has 0 spiro atoms. The van der Waals surface area contributed by atoms with Crippen molar-refractivity contribution in [1.82, 2.24) is 0 Å². The second kappa shape index (κ2) is 6.06. The van der Waals surface area contributed by atoms with Crippen LogP contribution in [0, 0.1) is 13.8 Å². The van der Waals surface area contributed by atoms with Gasteiger partial charge in [0.15, 0.2) is 0 Å². The number of benzene rings is 1. The number of ether oxygens (including phenoxy) is 1. The molecule has 0 bridgehead atoms. The van der Waals surface area contributed by atoms with E-state index in [1.807, 2.05) is 0 Å². The summed E-state index contributed by atoms with van der Waals surface area (Å²) in [7, 11) is 0. The summed E-state index contributed by atoms with van der Waals surface area (Å²) in [5.41, 5.74) is 10.6. The first-order valence-electron chi connectivity index (χ1n) is 5.06. The molecule has 0 aromatic heterocycles. The number of nitrogens with zero attached hydrogens (tertiary/aromatic N) is 3. The summed E-state index contributed by atoms with van der Waals surface area (Å²) in [5.74, 6) is 0.468. The predicted octanol–water partition coefficient (Wildman–Crippen LogP) is 3.76. The first-order valence-corrected chi connectivity index (χ1v) is 5.06. The van der Waals surface area contributed by atoms with Gasteiger partial charge >= 0.3 is 0 Å². The zero-order chi connectivity index (χ0) is 12.8. The van der Waals surface area contributed by atoms with Gasteiger partial charge in [-0.25, -0.2) is 8.78 Å². The van der Waals surface area contributed by atoms with E-state index in [9.17, 15) is 8.78 Å². The Kier molecular flexibility index (Phi) is 4.72. The van der Waals surface area contributed by atoms with E-state index in [2.05, 4.69) is 10.0 Å². The highest BCUT2D eigenvalue weighted by molar-refractivity contribution is 5.43. The van der Waals surface area contributed by atoms with Crippen molar-refractivity contribution in [3.8, 4) is 5.75 Å². The van der Waals surface area contributed by atoms with Crippen LogP contribution in [0.4, 0.5) is 8.78 Å². The van der Waals surface area contributed by atoms with Gasteiger partial charge in [0, 0.05) is 4.91 Å². The predicted molar refractivity (Wildman–Crippen MR) is 60.3 cm³/mol. The Morgan fingerprint density at radius 2 is 1.94 bits per heavy atom. The molecule has 17 heavy (non-hydrogen) atoms. The Hall–Kier alpha value is -1.81. The zero-order valence-electron chi connectivity index (χ0n) is 9.65. The van der Waals surface area contributed by atoms with Gasteiger partial charge in [-0.15, -0.1) is 0 Å². The third kappa shape index (κ3) is 3.92. The molecule has 0 aliphatic rings. The smallest absolute Gasteiger partial charge is 0.272 e. The molecule has 4 nitrogen and oxygen atoms in total. The highest BCUT2D eigenvalue weighted by Crippen LogP contribution is 2.25. The molecule has 0 fully saturated rings. The van der Waals surface area contributed by atoms with E-state index in [4.69, 9.17) is 10.3 Å². The van der Waals surface area contributed by atoms with Crippen LogP contribution in [-0.4, -0.2) is 13.0 Å². The SMILES string of the molecule is Cc1cc(CN=[N+]=[N-])cc(C)c1OCC(F)F. The number of hydrogen-bond donors (Lipinski definition) is 0. The summed E-state index contributed by atoms with van der Waals surface area (Å²) in [6.07, 6.45) is -2.49. The van der Waals surface area contributed by atoms with Crippen molar-refractivity contribution in [2.24, 2.45) is 5.11 Å². The molecule has 0 amide bonds. The fourth-order valence-corrected chi connectivity index (χ4v) is 1.62. The van der Waals surface area contributed by atoms with Gasteiger partial charge in [-0.1, -0.05) is 17.2 Å². The van der Waals surface area contributed by atoms with Crippen LogP contribution in [0.25, 0.3) is 10.4 Å². The number of azide groups is 1. The van der Waals surface area contributed by atoms with Gasteiger partial charge in [-0.2, -0.15) is 0 Å². The highest BCUT2D eigenvalue weighted by atomic mass is 19.3. The van der Waals surface area contributed by atoms with Crippen molar-refractivity contribution in [2.75, 3.05) is 6.61 Å². The first kappa shape index (κ1) is 13.3. The van der Waals surface area contributed by atoms with E-state index in [0.717, 1.165) is 16.7 Å². The molecule has 1 aromatic rings. The largest absolute Gasteiger partial charge is 0.487 e. The Bertz CT molecular complexity index is 419. The molecule has 0 heterocycles. The molecule has 6 heteroatoms. The molecule has 92 valence electrons. The number of halogens is 2. The minimum atomic E-state index is -2.49. The number of aryl methyl sites for hydroxylation is 2. The maximum atomic E-state index is 12.0. The minimum Gasteiger partial charge on any atom is -0.487 e. The van der Waals surface area contributed by atoms with E-state index < -0.39 is 13.0 Å². The molecule has 0 aliphatic carbocycles. The molecular formula is C11H13F2N3O. The fraction of sp³-hybridized carbons (Fsp3) is 0.455. The molecule has 1 rings (SSSR count). The Labute approximate surface area is 97.8 Å². The highest BCUT2D eigenvalue weighted by Gasteiger charge is 2.09. The summed E-state index contributed by atoms with van der Waals surface area (Å²) < 4.78 is 29.1. The van der Waals surface area contributed by atoms with E-state index in [1.165, 1.54) is 0 Å². The molecule has 0 saturated heterocycles. The summed E-state index contributed by atoms with van der Waals surface area (Å²) in [5, 5.41) is 3.45. The van der Waals surface area contributed by atoms with Gasteiger partial charge in [0.2, 0.25) is 0 Å². The molecule has 0 radical (unpaired) electrons. The lowest BCUT2D eigenvalue weighted by atomic mass is 10.1.